The molecule has 6 heteroatoms. The number of carbonyl (C=O) groups is 1. The standard InChI is InChI=1S/C12H15BrFNO3/c1-3-5-10(12(17)18-4-2)15-7-8(13)6-9(14)11(15)16/h6-7,10H,3-5H2,1-2H3. The van der Waals surface area contributed by atoms with Crippen molar-refractivity contribution in [1.82, 2.24) is 4.57 Å². The van der Waals surface area contributed by atoms with Gasteiger partial charge in [0.05, 0.1) is 6.61 Å². The Morgan fingerprint density at radius 2 is 2.22 bits per heavy atom. The van der Waals surface area contributed by atoms with Crippen LogP contribution in [-0.2, 0) is 9.53 Å². The quantitative estimate of drug-likeness (QED) is 0.784. The molecule has 18 heavy (non-hydrogen) atoms. The summed E-state index contributed by atoms with van der Waals surface area (Å²) in [5.74, 6) is -1.41. The van der Waals surface area contributed by atoms with Gasteiger partial charge in [0.1, 0.15) is 6.04 Å². The Kier molecular flexibility index (Phi) is 5.53. The van der Waals surface area contributed by atoms with E-state index in [2.05, 4.69) is 15.9 Å². The lowest BCUT2D eigenvalue weighted by Gasteiger charge is -2.17. The van der Waals surface area contributed by atoms with E-state index in [0.717, 1.165) is 10.6 Å². The van der Waals surface area contributed by atoms with Crippen molar-refractivity contribution in [3.8, 4) is 0 Å². The van der Waals surface area contributed by atoms with Crippen LogP contribution in [-0.4, -0.2) is 17.1 Å². The Balaban J connectivity index is 3.21. The van der Waals surface area contributed by atoms with Crippen LogP contribution in [0.5, 0.6) is 0 Å². The summed E-state index contributed by atoms with van der Waals surface area (Å²) in [4.78, 5) is 23.5. The van der Waals surface area contributed by atoms with Crippen LogP contribution in [0.4, 0.5) is 4.39 Å². The first kappa shape index (κ1) is 14.9. The van der Waals surface area contributed by atoms with E-state index in [1.807, 2.05) is 6.92 Å². The molecule has 0 spiro atoms. The van der Waals surface area contributed by atoms with Gasteiger partial charge in [-0.15, -0.1) is 0 Å². The molecule has 0 saturated heterocycles. The van der Waals surface area contributed by atoms with E-state index in [1.165, 1.54) is 6.20 Å². The maximum Gasteiger partial charge on any atom is 0.329 e. The second kappa shape index (κ2) is 6.68. The Labute approximate surface area is 113 Å². The van der Waals surface area contributed by atoms with Gasteiger partial charge in [-0.05, 0) is 35.3 Å². The van der Waals surface area contributed by atoms with Gasteiger partial charge in [0.15, 0.2) is 5.82 Å². The van der Waals surface area contributed by atoms with Gasteiger partial charge in [-0.3, -0.25) is 9.36 Å². The van der Waals surface area contributed by atoms with Gasteiger partial charge in [-0.25, -0.2) is 9.18 Å². The number of ether oxygens (including phenoxy) is 1. The summed E-state index contributed by atoms with van der Waals surface area (Å²) in [7, 11) is 0. The van der Waals surface area contributed by atoms with E-state index in [0.29, 0.717) is 17.3 Å². The fourth-order valence-electron chi connectivity index (χ4n) is 1.65. The highest BCUT2D eigenvalue weighted by Crippen LogP contribution is 2.17. The van der Waals surface area contributed by atoms with Gasteiger partial charge in [-0.1, -0.05) is 13.3 Å². The lowest BCUT2D eigenvalue weighted by Crippen LogP contribution is -2.32. The molecule has 1 aromatic heterocycles. The van der Waals surface area contributed by atoms with E-state index in [9.17, 15) is 14.0 Å². The molecular weight excluding hydrogens is 305 g/mol. The number of carbonyl (C=O) groups excluding carboxylic acids is 1. The molecule has 1 rings (SSSR count). The third-order valence-corrected chi connectivity index (χ3v) is 2.86. The van der Waals surface area contributed by atoms with Gasteiger partial charge < -0.3 is 4.74 Å². The first-order chi connectivity index (χ1) is 8.51. The van der Waals surface area contributed by atoms with Crippen molar-refractivity contribution in [2.45, 2.75) is 32.7 Å². The van der Waals surface area contributed by atoms with Crippen LogP contribution < -0.4 is 5.56 Å². The zero-order valence-corrected chi connectivity index (χ0v) is 11.9. The molecule has 0 aliphatic rings. The maximum atomic E-state index is 13.4. The first-order valence-electron chi connectivity index (χ1n) is 5.75. The predicted octanol–water partition coefficient (Wildman–Crippen LogP) is 2.65. The monoisotopic (exact) mass is 319 g/mol. The number of halogens is 2. The summed E-state index contributed by atoms with van der Waals surface area (Å²) in [6.45, 7) is 3.79. The fourth-order valence-corrected chi connectivity index (χ4v) is 2.07. The van der Waals surface area contributed by atoms with E-state index in [4.69, 9.17) is 4.74 Å². The second-order valence-corrected chi connectivity index (χ2v) is 4.69. The number of hydrogen-bond donors (Lipinski definition) is 0. The van der Waals surface area contributed by atoms with Crippen LogP contribution in [0.1, 0.15) is 32.7 Å². The summed E-state index contributed by atoms with van der Waals surface area (Å²) in [6, 6.07) is 0.293. The van der Waals surface area contributed by atoms with Gasteiger partial charge in [-0.2, -0.15) is 0 Å². The van der Waals surface area contributed by atoms with Gasteiger partial charge in [0, 0.05) is 10.7 Å². The minimum absolute atomic E-state index is 0.226. The molecule has 0 radical (unpaired) electrons. The lowest BCUT2D eigenvalue weighted by molar-refractivity contribution is -0.147. The van der Waals surface area contributed by atoms with Gasteiger partial charge >= 0.3 is 5.97 Å². The molecule has 0 fully saturated rings. The fraction of sp³-hybridized carbons (Fsp3) is 0.500. The Morgan fingerprint density at radius 1 is 1.56 bits per heavy atom. The third kappa shape index (κ3) is 3.41. The Morgan fingerprint density at radius 3 is 2.78 bits per heavy atom. The molecule has 1 aromatic rings. The molecule has 1 atom stereocenters. The molecule has 100 valence electrons. The molecule has 0 aromatic carbocycles. The SMILES string of the molecule is CCCC(C(=O)OCC)n1cc(Br)cc(F)c1=O. The minimum atomic E-state index is -0.894. The number of pyridine rings is 1. The van der Waals surface area contributed by atoms with Crippen molar-refractivity contribution >= 4 is 21.9 Å². The van der Waals surface area contributed by atoms with E-state index < -0.39 is 23.4 Å². The predicted molar refractivity (Wildman–Crippen MR) is 68.9 cm³/mol. The maximum absolute atomic E-state index is 13.4. The van der Waals surface area contributed by atoms with Crippen molar-refractivity contribution < 1.29 is 13.9 Å². The van der Waals surface area contributed by atoms with Gasteiger partial charge in [0.25, 0.3) is 5.56 Å². The molecule has 0 saturated carbocycles. The molecule has 1 unspecified atom stereocenters. The van der Waals surface area contributed by atoms with Crippen LogP contribution in [0.3, 0.4) is 0 Å². The van der Waals surface area contributed by atoms with E-state index in [-0.39, 0.29) is 6.61 Å². The van der Waals surface area contributed by atoms with E-state index in [1.54, 1.807) is 6.92 Å². The summed E-state index contributed by atoms with van der Waals surface area (Å²) in [5.41, 5.74) is -0.815. The lowest BCUT2D eigenvalue weighted by atomic mass is 10.1. The molecule has 0 aliphatic carbocycles. The molecular formula is C12H15BrFNO3. The van der Waals surface area contributed by atoms with Crippen LogP contribution in [0.15, 0.2) is 21.5 Å². The van der Waals surface area contributed by atoms with Crippen molar-refractivity contribution in [2.75, 3.05) is 6.61 Å². The highest BCUT2D eigenvalue weighted by Gasteiger charge is 2.23. The zero-order chi connectivity index (χ0) is 13.7. The first-order valence-corrected chi connectivity index (χ1v) is 6.54. The average molecular weight is 320 g/mol. The Hall–Kier alpha value is -1.17. The average Bonchev–Trinajstić information content (AvgIpc) is 2.31. The summed E-state index contributed by atoms with van der Waals surface area (Å²) < 4.78 is 19.8. The van der Waals surface area contributed by atoms with E-state index >= 15 is 0 Å². The molecule has 1 heterocycles. The number of rotatable bonds is 5. The smallest absolute Gasteiger partial charge is 0.329 e. The number of nitrogens with zero attached hydrogens (tertiary/aromatic N) is 1. The number of hydrogen-bond acceptors (Lipinski definition) is 3. The second-order valence-electron chi connectivity index (χ2n) is 3.78. The molecule has 0 amide bonds. The largest absolute Gasteiger partial charge is 0.464 e. The van der Waals surface area contributed by atoms with Gasteiger partial charge in [0.2, 0.25) is 0 Å². The van der Waals surface area contributed by atoms with Crippen molar-refractivity contribution in [3.05, 3.63) is 32.9 Å². The van der Waals surface area contributed by atoms with Crippen LogP contribution in [0.2, 0.25) is 0 Å². The minimum Gasteiger partial charge on any atom is -0.464 e. The van der Waals surface area contributed by atoms with Crippen molar-refractivity contribution in [2.24, 2.45) is 0 Å². The summed E-state index contributed by atoms with van der Waals surface area (Å²) in [5, 5.41) is 0. The van der Waals surface area contributed by atoms with Crippen LogP contribution >= 0.6 is 15.9 Å². The molecule has 4 nitrogen and oxygen atoms in total. The van der Waals surface area contributed by atoms with Crippen molar-refractivity contribution in [1.29, 1.82) is 0 Å². The number of esters is 1. The Bertz CT molecular complexity index is 487. The molecule has 0 aliphatic heterocycles. The van der Waals surface area contributed by atoms with Crippen molar-refractivity contribution in [3.63, 3.8) is 0 Å². The van der Waals surface area contributed by atoms with Crippen LogP contribution in [0, 0.1) is 5.82 Å². The third-order valence-electron chi connectivity index (χ3n) is 2.42. The molecule has 0 bridgehead atoms. The van der Waals surface area contributed by atoms with Crippen LogP contribution in [0.25, 0.3) is 0 Å². The summed E-state index contributed by atoms with van der Waals surface area (Å²) >= 11 is 3.10. The highest BCUT2D eigenvalue weighted by molar-refractivity contribution is 9.10. The highest BCUT2D eigenvalue weighted by atomic mass is 79.9. The summed E-state index contributed by atoms with van der Waals surface area (Å²) in [6.07, 6.45) is 2.52. The normalized spacial score (nSPS) is 12.2. The topological polar surface area (TPSA) is 48.3 Å². The zero-order valence-electron chi connectivity index (χ0n) is 10.3. The molecule has 0 N–H and O–H groups in total. The number of aromatic nitrogens is 1.